The Balaban J connectivity index is 4.10. The van der Waals surface area contributed by atoms with E-state index in [1.807, 2.05) is 0 Å². The van der Waals surface area contributed by atoms with Gasteiger partial charge in [0.1, 0.15) is 0 Å². The van der Waals surface area contributed by atoms with Crippen LogP contribution in [0.5, 0.6) is 0 Å². The second kappa shape index (κ2) is 5.00. The third-order valence-corrected chi connectivity index (χ3v) is 1.46. The van der Waals surface area contributed by atoms with E-state index in [-0.39, 0.29) is 0 Å². The topological polar surface area (TPSA) is 3.24 Å². The molecule has 11 heavy (non-hydrogen) atoms. The highest BCUT2D eigenvalue weighted by Crippen LogP contribution is 2.03. The highest BCUT2D eigenvalue weighted by molar-refractivity contribution is 5.15. The molecule has 0 aromatic carbocycles. The minimum Gasteiger partial charge on any atom is -0.378 e. The Morgan fingerprint density at radius 1 is 1.27 bits per heavy atom. The van der Waals surface area contributed by atoms with Gasteiger partial charge in [-0.05, 0) is 18.9 Å². The summed E-state index contributed by atoms with van der Waals surface area (Å²) in [7, 11) is 4.11. The van der Waals surface area contributed by atoms with Gasteiger partial charge in [0.2, 0.25) is 0 Å². The second-order valence-electron chi connectivity index (χ2n) is 3.21. The van der Waals surface area contributed by atoms with Crippen molar-refractivity contribution in [2.24, 2.45) is 5.92 Å². The fraction of sp³-hybridized carbons (Fsp3) is 0.600. The molecule has 0 aliphatic carbocycles. The van der Waals surface area contributed by atoms with Gasteiger partial charge in [-0.25, -0.2) is 0 Å². The van der Waals surface area contributed by atoms with Gasteiger partial charge in [-0.2, -0.15) is 0 Å². The maximum Gasteiger partial charge on any atom is 0.0314 e. The Hall–Kier alpha value is -0.720. The van der Waals surface area contributed by atoms with Gasteiger partial charge in [-0.1, -0.05) is 26.0 Å². The van der Waals surface area contributed by atoms with Crippen LogP contribution in [-0.2, 0) is 0 Å². The molecule has 0 aliphatic heterocycles. The lowest BCUT2D eigenvalue weighted by atomic mass is 10.2. The van der Waals surface area contributed by atoms with Crippen molar-refractivity contribution in [2.45, 2.75) is 20.8 Å². The zero-order valence-corrected chi connectivity index (χ0v) is 8.26. The van der Waals surface area contributed by atoms with Gasteiger partial charge in [-0.15, -0.1) is 0 Å². The highest BCUT2D eigenvalue weighted by atomic mass is 15.1. The molecule has 0 saturated carbocycles. The van der Waals surface area contributed by atoms with Gasteiger partial charge in [0.15, 0.2) is 0 Å². The van der Waals surface area contributed by atoms with Crippen LogP contribution in [0.1, 0.15) is 20.8 Å². The van der Waals surface area contributed by atoms with Crippen molar-refractivity contribution >= 4 is 0 Å². The molecule has 0 radical (unpaired) electrons. The number of rotatable bonds is 3. The maximum atomic E-state index is 2.20. The summed E-state index contributed by atoms with van der Waals surface area (Å²) in [6.07, 6.45) is 6.47. The first-order valence-corrected chi connectivity index (χ1v) is 4.09. The molecule has 0 aromatic rings. The number of hydrogen-bond donors (Lipinski definition) is 0. The average molecular weight is 153 g/mol. The maximum absolute atomic E-state index is 2.20. The van der Waals surface area contributed by atoms with Crippen LogP contribution in [0, 0.1) is 5.92 Å². The van der Waals surface area contributed by atoms with Crippen LogP contribution in [0.25, 0.3) is 0 Å². The molecule has 1 heteroatoms. The second-order valence-corrected chi connectivity index (χ2v) is 3.21. The summed E-state index contributed by atoms with van der Waals surface area (Å²) in [4.78, 5) is 2.11. The molecule has 0 aromatic heterocycles. The van der Waals surface area contributed by atoms with Crippen LogP contribution in [0.4, 0.5) is 0 Å². The van der Waals surface area contributed by atoms with Crippen molar-refractivity contribution in [1.82, 2.24) is 4.90 Å². The monoisotopic (exact) mass is 153 g/mol. The molecule has 1 nitrogen and oxygen atoms in total. The predicted molar refractivity (Wildman–Crippen MR) is 51.4 cm³/mol. The Bertz CT molecular complexity index is 152. The Morgan fingerprint density at radius 3 is 2.09 bits per heavy atom. The van der Waals surface area contributed by atoms with Crippen LogP contribution in [0.3, 0.4) is 0 Å². The lowest BCUT2D eigenvalue weighted by Gasteiger charge is -2.12. The van der Waals surface area contributed by atoms with Crippen LogP contribution < -0.4 is 0 Å². The summed E-state index contributed by atoms with van der Waals surface area (Å²) < 4.78 is 0. The molecule has 0 heterocycles. The third-order valence-electron chi connectivity index (χ3n) is 1.46. The molecule has 64 valence electrons. The molecule has 0 atom stereocenters. The van der Waals surface area contributed by atoms with E-state index >= 15 is 0 Å². The van der Waals surface area contributed by atoms with Crippen molar-refractivity contribution in [3.8, 4) is 0 Å². The Morgan fingerprint density at radius 2 is 1.82 bits per heavy atom. The van der Waals surface area contributed by atoms with Gasteiger partial charge < -0.3 is 4.90 Å². The van der Waals surface area contributed by atoms with Crippen molar-refractivity contribution in [2.75, 3.05) is 14.1 Å². The molecule has 0 spiro atoms. The number of allylic oxidation sites excluding steroid dienone is 3. The smallest absolute Gasteiger partial charge is 0.0314 e. The van der Waals surface area contributed by atoms with E-state index in [0.29, 0.717) is 5.92 Å². The largest absolute Gasteiger partial charge is 0.378 e. The van der Waals surface area contributed by atoms with Gasteiger partial charge >= 0.3 is 0 Å². The van der Waals surface area contributed by atoms with E-state index in [1.54, 1.807) is 0 Å². The van der Waals surface area contributed by atoms with Gasteiger partial charge in [0.05, 0.1) is 0 Å². The van der Waals surface area contributed by atoms with Crippen molar-refractivity contribution in [3.63, 3.8) is 0 Å². The third kappa shape index (κ3) is 4.65. The molecule has 0 rings (SSSR count). The summed E-state index contributed by atoms with van der Waals surface area (Å²) in [5.74, 6) is 0.630. The van der Waals surface area contributed by atoms with E-state index in [2.05, 4.69) is 58.0 Å². The Labute approximate surface area is 70.4 Å². The number of likely N-dealkylation sites (N-methyl/N-ethyl adjacent to an activating group) is 1. The standard InChI is InChI=1S/C10H19N/c1-6-10(11(4)5)8-7-9(2)3/h6-9H,1-5H3/b8-7-,10-6+. The molecule has 0 aliphatic rings. The van der Waals surface area contributed by atoms with E-state index in [9.17, 15) is 0 Å². The lowest BCUT2D eigenvalue weighted by Crippen LogP contribution is -2.08. The molecule has 0 saturated heterocycles. The van der Waals surface area contributed by atoms with Gasteiger partial charge in [0.25, 0.3) is 0 Å². The van der Waals surface area contributed by atoms with Gasteiger partial charge in [-0.3, -0.25) is 0 Å². The van der Waals surface area contributed by atoms with Crippen LogP contribution >= 0.6 is 0 Å². The molecule has 0 amide bonds. The highest BCUT2D eigenvalue weighted by Gasteiger charge is 1.91. The van der Waals surface area contributed by atoms with E-state index < -0.39 is 0 Å². The SMILES string of the molecule is C/C=C(\C=C/C(C)C)N(C)C. The average Bonchev–Trinajstić information content (AvgIpc) is 1.87. The van der Waals surface area contributed by atoms with E-state index in [1.165, 1.54) is 5.70 Å². The van der Waals surface area contributed by atoms with Crippen LogP contribution in [-0.4, -0.2) is 19.0 Å². The molecular weight excluding hydrogens is 134 g/mol. The zero-order chi connectivity index (χ0) is 8.85. The minimum atomic E-state index is 0.630. The van der Waals surface area contributed by atoms with E-state index in [0.717, 1.165) is 0 Å². The van der Waals surface area contributed by atoms with Crippen molar-refractivity contribution < 1.29 is 0 Å². The molecular formula is C10H19N. The summed E-state index contributed by atoms with van der Waals surface area (Å²) in [6, 6.07) is 0. The summed E-state index contributed by atoms with van der Waals surface area (Å²) in [5.41, 5.74) is 1.26. The molecule has 0 unspecified atom stereocenters. The van der Waals surface area contributed by atoms with Crippen LogP contribution in [0.2, 0.25) is 0 Å². The summed E-state index contributed by atoms with van der Waals surface area (Å²) in [5, 5.41) is 0. The van der Waals surface area contributed by atoms with E-state index in [4.69, 9.17) is 0 Å². The molecule has 0 bridgehead atoms. The van der Waals surface area contributed by atoms with Gasteiger partial charge in [0, 0.05) is 19.8 Å². The normalized spacial score (nSPS) is 13.1. The first-order chi connectivity index (χ1) is 5.07. The van der Waals surface area contributed by atoms with Crippen LogP contribution in [0.15, 0.2) is 23.9 Å². The fourth-order valence-electron chi connectivity index (χ4n) is 0.795. The number of hydrogen-bond acceptors (Lipinski definition) is 1. The fourth-order valence-corrected chi connectivity index (χ4v) is 0.795. The first kappa shape index (κ1) is 10.3. The quantitative estimate of drug-likeness (QED) is 0.563. The minimum absolute atomic E-state index is 0.630. The van der Waals surface area contributed by atoms with Crippen molar-refractivity contribution in [1.29, 1.82) is 0 Å². The first-order valence-electron chi connectivity index (χ1n) is 4.09. The Kier molecular flexibility index (Phi) is 4.67. The summed E-state index contributed by atoms with van der Waals surface area (Å²) >= 11 is 0. The predicted octanol–water partition coefficient (Wildman–Crippen LogP) is 2.66. The molecule has 0 N–H and O–H groups in total. The summed E-state index contributed by atoms with van der Waals surface area (Å²) in [6.45, 7) is 6.42. The zero-order valence-electron chi connectivity index (χ0n) is 8.26. The molecule has 0 fully saturated rings. The lowest BCUT2D eigenvalue weighted by molar-refractivity contribution is 0.528. The number of nitrogens with zero attached hydrogens (tertiary/aromatic N) is 1. The van der Waals surface area contributed by atoms with Crippen molar-refractivity contribution in [3.05, 3.63) is 23.9 Å².